The molecule has 0 amide bonds. The van der Waals surface area contributed by atoms with Gasteiger partial charge in [0.25, 0.3) is 5.54 Å². The molecule has 0 aromatic rings. The Kier molecular flexibility index (Phi) is 1.92. The summed E-state index contributed by atoms with van der Waals surface area (Å²) in [6.45, 7) is 4.91. The van der Waals surface area contributed by atoms with Crippen LogP contribution in [-0.4, -0.2) is 38.7 Å². The second kappa shape index (κ2) is 3.09. The third kappa shape index (κ3) is 1.30. The Bertz CT molecular complexity index is 404. The summed E-state index contributed by atoms with van der Waals surface area (Å²) >= 11 is 0. The van der Waals surface area contributed by atoms with Gasteiger partial charge in [0.2, 0.25) is 0 Å². The summed E-state index contributed by atoms with van der Waals surface area (Å²) in [5.41, 5.74) is -0.604. The van der Waals surface area contributed by atoms with E-state index in [0.717, 1.165) is 31.7 Å². The minimum Gasteiger partial charge on any atom is -0.390 e. The molecule has 100 valence electrons. The number of nitroso groups, excluding NO2 is 1. The van der Waals surface area contributed by atoms with Crippen molar-refractivity contribution in [1.82, 2.24) is 5.01 Å². The number of hydrogen-bond acceptors (Lipinski definition) is 2. The lowest BCUT2D eigenvalue weighted by Gasteiger charge is -2.59. The van der Waals surface area contributed by atoms with E-state index in [2.05, 4.69) is 5.01 Å². The summed E-state index contributed by atoms with van der Waals surface area (Å²) in [6.07, 6.45) is 5.33. The number of nitrogens with zero attached hydrogens (tertiary/aromatic N) is 2. The summed E-state index contributed by atoms with van der Waals surface area (Å²) in [7, 11) is 0. The van der Waals surface area contributed by atoms with Crippen molar-refractivity contribution in [2.75, 3.05) is 6.54 Å². The standard InChI is InChI=1S/C14H23N2O2/c1-13(2)8-15(16(13)18)12-10-3-9-4-11(12)7-14(17,5-9)6-10/h9-12,17H,3-8H2,1-2H3/q+1/t9?,10-,11+,12?,14?. The zero-order valence-corrected chi connectivity index (χ0v) is 11.3. The van der Waals surface area contributed by atoms with E-state index >= 15 is 0 Å². The summed E-state index contributed by atoms with van der Waals surface area (Å²) in [4.78, 5) is 13.4. The van der Waals surface area contributed by atoms with Crippen LogP contribution in [0.4, 0.5) is 0 Å². The van der Waals surface area contributed by atoms with E-state index in [9.17, 15) is 10.0 Å². The van der Waals surface area contributed by atoms with Gasteiger partial charge in [0.1, 0.15) is 11.4 Å². The molecule has 4 heteroatoms. The van der Waals surface area contributed by atoms with Crippen molar-refractivity contribution in [2.45, 2.75) is 63.1 Å². The summed E-state index contributed by atoms with van der Waals surface area (Å²) in [5.74, 6) is 1.82. The van der Waals surface area contributed by atoms with Gasteiger partial charge in [-0.05, 0) is 49.9 Å². The van der Waals surface area contributed by atoms with Crippen molar-refractivity contribution in [3.05, 3.63) is 4.91 Å². The molecule has 5 rings (SSSR count). The van der Waals surface area contributed by atoms with E-state index in [1.54, 1.807) is 0 Å². The molecule has 0 aromatic carbocycles. The third-order valence-electron chi connectivity index (χ3n) is 5.84. The van der Waals surface area contributed by atoms with E-state index in [4.69, 9.17) is 0 Å². The molecule has 4 aliphatic carbocycles. The topological polar surface area (TPSA) is 43.5 Å². The van der Waals surface area contributed by atoms with E-state index < -0.39 is 0 Å². The van der Waals surface area contributed by atoms with Gasteiger partial charge in [0.15, 0.2) is 0 Å². The maximum atomic E-state index is 12.2. The van der Waals surface area contributed by atoms with Crippen molar-refractivity contribution in [1.29, 1.82) is 0 Å². The Morgan fingerprint density at radius 3 is 2.22 bits per heavy atom. The lowest BCUT2D eigenvalue weighted by atomic mass is 9.52. The van der Waals surface area contributed by atoms with Crippen LogP contribution in [0, 0.1) is 22.7 Å². The largest absolute Gasteiger partial charge is 0.390 e. The number of hydrazine groups is 1. The van der Waals surface area contributed by atoms with Gasteiger partial charge in [-0.15, -0.1) is 5.01 Å². The van der Waals surface area contributed by atoms with Gasteiger partial charge in [-0.1, -0.05) is 0 Å². The predicted molar refractivity (Wildman–Crippen MR) is 66.7 cm³/mol. The Balaban J connectivity index is 1.60. The van der Waals surface area contributed by atoms with E-state index in [-0.39, 0.29) is 11.1 Å². The first-order valence-corrected chi connectivity index (χ1v) is 7.34. The van der Waals surface area contributed by atoms with Crippen LogP contribution in [0.5, 0.6) is 0 Å². The molecule has 4 nitrogen and oxygen atoms in total. The molecule has 1 heterocycles. The Morgan fingerprint density at radius 2 is 1.78 bits per heavy atom. The molecule has 0 aromatic heterocycles. The van der Waals surface area contributed by atoms with Crippen LogP contribution < -0.4 is 0 Å². The van der Waals surface area contributed by atoms with Crippen molar-refractivity contribution in [3.63, 3.8) is 0 Å². The smallest absolute Gasteiger partial charge is 0.260 e. The average molecular weight is 251 g/mol. The first-order chi connectivity index (χ1) is 8.38. The van der Waals surface area contributed by atoms with Gasteiger partial charge in [-0.3, -0.25) is 0 Å². The third-order valence-corrected chi connectivity index (χ3v) is 5.84. The molecule has 1 N–H and O–H groups in total. The molecular weight excluding hydrogens is 228 g/mol. The first-order valence-electron chi connectivity index (χ1n) is 7.34. The van der Waals surface area contributed by atoms with Crippen LogP contribution in [-0.2, 0) is 0 Å². The number of rotatable bonds is 1. The zero-order valence-electron chi connectivity index (χ0n) is 11.3. The van der Waals surface area contributed by atoms with Crippen molar-refractivity contribution in [3.8, 4) is 0 Å². The van der Waals surface area contributed by atoms with Gasteiger partial charge in [-0.2, -0.15) is 0 Å². The molecule has 5 aliphatic rings. The second-order valence-corrected chi connectivity index (χ2v) is 7.87. The fourth-order valence-corrected chi connectivity index (χ4v) is 5.46. The lowest BCUT2D eigenvalue weighted by Crippen LogP contribution is -2.73. The SMILES string of the molecule is CC1(C)CN(C2[C@@H]3CC4C[C@H]2CC(O)(C4)C3)[N+]1=O. The van der Waals surface area contributed by atoms with E-state index in [0.29, 0.717) is 17.9 Å². The maximum Gasteiger partial charge on any atom is 0.260 e. The number of aliphatic hydroxyl groups is 1. The molecule has 3 unspecified atom stereocenters. The molecule has 1 aliphatic heterocycles. The Morgan fingerprint density at radius 1 is 1.17 bits per heavy atom. The molecule has 0 radical (unpaired) electrons. The van der Waals surface area contributed by atoms with Crippen LogP contribution >= 0.6 is 0 Å². The molecule has 5 atom stereocenters. The minimum absolute atomic E-state index is 0.217. The fraction of sp³-hybridized carbons (Fsp3) is 1.00. The highest BCUT2D eigenvalue weighted by molar-refractivity contribution is 5.08. The van der Waals surface area contributed by atoms with Crippen LogP contribution in [0.15, 0.2) is 0 Å². The summed E-state index contributed by atoms with van der Waals surface area (Å²) in [6, 6.07) is 0.410. The zero-order chi connectivity index (χ0) is 12.7. The molecule has 5 fully saturated rings. The highest BCUT2D eigenvalue weighted by Crippen LogP contribution is 2.57. The van der Waals surface area contributed by atoms with Gasteiger partial charge in [0.05, 0.1) is 16.5 Å². The fourth-order valence-electron chi connectivity index (χ4n) is 5.46. The van der Waals surface area contributed by atoms with E-state index in [1.165, 1.54) is 17.7 Å². The van der Waals surface area contributed by atoms with Crippen LogP contribution in [0.1, 0.15) is 46.0 Å². The highest BCUT2D eigenvalue weighted by Gasteiger charge is 2.64. The lowest BCUT2D eigenvalue weighted by molar-refractivity contribution is -0.836. The van der Waals surface area contributed by atoms with Crippen LogP contribution in [0.2, 0.25) is 0 Å². The average Bonchev–Trinajstić information content (AvgIpc) is 2.24. The first kappa shape index (κ1) is 11.2. The van der Waals surface area contributed by atoms with Gasteiger partial charge < -0.3 is 5.11 Å². The Hall–Kier alpha value is -0.640. The van der Waals surface area contributed by atoms with Gasteiger partial charge in [-0.25, -0.2) is 0 Å². The van der Waals surface area contributed by atoms with Gasteiger partial charge in [0, 0.05) is 13.8 Å². The van der Waals surface area contributed by atoms with E-state index in [1.807, 2.05) is 13.8 Å². The number of hydrogen-bond donors (Lipinski definition) is 1. The molecular formula is C14H23N2O2+. The highest BCUT2D eigenvalue weighted by atomic mass is 16.3. The van der Waals surface area contributed by atoms with Crippen molar-refractivity contribution >= 4 is 0 Å². The van der Waals surface area contributed by atoms with Crippen molar-refractivity contribution in [2.24, 2.45) is 17.8 Å². The minimum atomic E-state index is -0.388. The summed E-state index contributed by atoms with van der Waals surface area (Å²) < 4.78 is 0. The normalized spacial score (nSPS) is 52.6. The van der Waals surface area contributed by atoms with Gasteiger partial charge >= 0.3 is 0 Å². The van der Waals surface area contributed by atoms with Crippen LogP contribution in [0.25, 0.3) is 0 Å². The quantitative estimate of drug-likeness (QED) is 0.722. The molecule has 4 saturated carbocycles. The predicted octanol–water partition coefficient (Wildman–Crippen LogP) is 1.71. The second-order valence-electron chi connectivity index (χ2n) is 7.87. The monoisotopic (exact) mass is 251 g/mol. The maximum absolute atomic E-state index is 12.2. The molecule has 0 spiro atoms. The molecule has 4 bridgehead atoms. The van der Waals surface area contributed by atoms with Crippen LogP contribution in [0.3, 0.4) is 0 Å². The van der Waals surface area contributed by atoms with Crippen molar-refractivity contribution < 1.29 is 9.98 Å². The Labute approximate surface area is 108 Å². The molecule has 18 heavy (non-hydrogen) atoms. The molecule has 1 saturated heterocycles. The summed E-state index contributed by atoms with van der Waals surface area (Å²) in [5, 5.41) is 12.6.